The van der Waals surface area contributed by atoms with Crippen LogP contribution in [0.1, 0.15) is 18.9 Å². The number of methoxy groups -OCH3 is 2. The van der Waals surface area contributed by atoms with Crippen LogP contribution in [0, 0.1) is 30.0 Å². The van der Waals surface area contributed by atoms with Crippen LogP contribution in [-0.4, -0.2) is 43.4 Å². The van der Waals surface area contributed by atoms with Gasteiger partial charge >= 0.3 is 0 Å². The number of carbonyl (C=O) groups is 2. The lowest BCUT2D eigenvalue weighted by Crippen LogP contribution is -2.16. The molecule has 1 aliphatic carbocycles. The van der Waals surface area contributed by atoms with Crippen LogP contribution in [0.5, 0.6) is 23.0 Å². The molecule has 0 saturated heterocycles. The van der Waals surface area contributed by atoms with E-state index in [4.69, 9.17) is 14.2 Å². The molecule has 0 spiro atoms. The van der Waals surface area contributed by atoms with Crippen molar-refractivity contribution >= 4 is 56.0 Å². The zero-order valence-corrected chi connectivity index (χ0v) is 26.0. The average Bonchev–Trinajstić information content (AvgIpc) is 3.38. The number of halogens is 1. The van der Waals surface area contributed by atoms with E-state index in [1.807, 2.05) is 39.0 Å². The number of thiazole rings is 1. The molecular weight excluding hydrogens is 583 g/mol. The highest BCUT2D eigenvalue weighted by Gasteiger charge is 2.61. The highest BCUT2D eigenvalue weighted by molar-refractivity contribution is 7.18. The van der Waals surface area contributed by atoms with Crippen LogP contribution >= 0.6 is 11.3 Å². The minimum absolute atomic E-state index is 0.0762. The Kier molecular flexibility index (Phi) is 8.68. The lowest BCUT2D eigenvalue weighted by atomic mass is 10.1. The van der Waals surface area contributed by atoms with Gasteiger partial charge in [-0.15, -0.1) is 11.3 Å². The van der Waals surface area contributed by atoms with E-state index in [0.29, 0.717) is 33.8 Å². The fraction of sp³-hybridized carbons (Fsp3) is 0.273. The van der Waals surface area contributed by atoms with Crippen LogP contribution < -0.4 is 24.8 Å². The summed E-state index contributed by atoms with van der Waals surface area (Å²) in [5.74, 6) is 0.817. The van der Waals surface area contributed by atoms with Crippen molar-refractivity contribution in [2.45, 2.75) is 20.8 Å². The van der Waals surface area contributed by atoms with Gasteiger partial charge in [-0.05, 0) is 54.8 Å². The molecule has 1 aliphatic rings. The number of anilines is 2. The van der Waals surface area contributed by atoms with Crippen molar-refractivity contribution in [1.29, 1.82) is 0 Å². The predicted molar refractivity (Wildman–Crippen MR) is 171 cm³/mol. The summed E-state index contributed by atoms with van der Waals surface area (Å²) in [5.41, 5.74) is 2.82. The number of fused-ring (bicyclic) bond motifs is 2. The quantitative estimate of drug-likeness (QED) is 0.176. The fourth-order valence-corrected chi connectivity index (χ4v) is 6.03. The third-order valence-corrected chi connectivity index (χ3v) is 8.68. The molecule has 3 aromatic carbocycles. The van der Waals surface area contributed by atoms with E-state index in [2.05, 4.69) is 20.6 Å². The van der Waals surface area contributed by atoms with Crippen molar-refractivity contribution in [1.82, 2.24) is 9.97 Å². The standard InChI is InChI=1S/C18H17FN2O3.C15H16N2O2S/c1-20-11-4-5-16(13(19)8-11)24-15-6-7-21-14-10-18(23-3)17(22-2)9-12(14)15;1-8-16-11-5-4-9(6-12(11)20-8)17-14(19)13-10(7-18)15(13,2)3/h4-10,20H,1-3H3;4-7,10,13H,1-3H3,(H,17,19). The summed E-state index contributed by atoms with van der Waals surface area (Å²) in [5, 5.41) is 7.49. The van der Waals surface area contributed by atoms with Gasteiger partial charge in [0, 0.05) is 48.1 Å². The first-order valence-electron chi connectivity index (χ1n) is 13.9. The molecule has 11 heteroatoms. The fourth-order valence-electron chi connectivity index (χ4n) is 5.16. The summed E-state index contributed by atoms with van der Waals surface area (Å²) >= 11 is 1.60. The van der Waals surface area contributed by atoms with Gasteiger partial charge in [-0.2, -0.15) is 0 Å². The molecule has 2 N–H and O–H groups in total. The maximum Gasteiger partial charge on any atom is 0.228 e. The van der Waals surface area contributed by atoms with E-state index in [1.54, 1.807) is 69.1 Å². The summed E-state index contributed by atoms with van der Waals surface area (Å²) in [6.07, 6.45) is 2.49. The summed E-state index contributed by atoms with van der Waals surface area (Å²) in [7, 11) is 4.84. The number of hydrogen-bond acceptors (Lipinski definition) is 9. The van der Waals surface area contributed by atoms with Gasteiger partial charge in [0.05, 0.1) is 40.9 Å². The van der Waals surface area contributed by atoms with Crippen molar-refractivity contribution in [2.24, 2.45) is 17.3 Å². The summed E-state index contributed by atoms with van der Waals surface area (Å²) in [6.45, 7) is 5.86. The van der Waals surface area contributed by atoms with E-state index < -0.39 is 5.82 Å². The molecule has 228 valence electrons. The number of amides is 1. The van der Waals surface area contributed by atoms with Gasteiger partial charge in [-0.3, -0.25) is 9.78 Å². The smallest absolute Gasteiger partial charge is 0.228 e. The molecule has 44 heavy (non-hydrogen) atoms. The number of aromatic nitrogens is 2. The Morgan fingerprint density at radius 2 is 1.68 bits per heavy atom. The van der Waals surface area contributed by atoms with Gasteiger partial charge in [0.2, 0.25) is 5.91 Å². The van der Waals surface area contributed by atoms with Crippen LogP contribution in [0.3, 0.4) is 0 Å². The van der Waals surface area contributed by atoms with E-state index >= 15 is 0 Å². The molecule has 1 saturated carbocycles. The highest BCUT2D eigenvalue weighted by atomic mass is 32.1. The number of pyridine rings is 1. The maximum atomic E-state index is 14.2. The van der Waals surface area contributed by atoms with Gasteiger partial charge in [0.15, 0.2) is 23.1 Å². The van der Waals surface area contributed by atoms with Gasteiger partial charge < -0.3 is 29.6 Å². The van der Waals surface area contributed by atoms with Crippen LogP contribution in [0.4, 0.5) is 15.8 Å². The summed E-state index contributed by atoms with van der Waals surface area (Å²) in [4.78, 5) is 31.8. The minimum atomic E-state index is -0.452. The first-order valence-corrected chi connectivity index (χ1v) is 14.7. The van der Waals surface area contributed by atoms with Gasteiger partial charge in [-0.1, -0.05) is 13.8 Å². The highest BCUT2D eigenvalue weighted by Crippen LogP contribution is 2.57. The number of nitrogens with zero attached hydrogens (tertiary/aromatic N) is 2. The zero-order valence-electron chi connectivity index (χ0n) is 25.2. The molecule has 0 bridgehead atoms. The van der Waals surface area contributed by atoms with Crippen LogP contribution in [-0.2, 0) is 9.59 Å². The molecule has 6 rings (SSSR count). The molecule has 1 amide bonds. The SMILES string of the molecule is CNc1ccc(Oc2ccnc3cc(OC)c(OC)cc23)c(F)c1.Cc1nc2ccc(NC(=O)C3C(C=O)C3(C)C)cc2s1. The Morgan fingerprint density at radius 1 is 0.955 bits per heavy atom. The average molecular weight is 617 g/mol. The Labute approximate surface area is 258 Å². The summed E-state index contributed by atoms with van der Waals surface area (Å²) < 4.78 is 31.6. The van der Waals surface area contributed by atoms with Crippen molar-refractivity contribution in [3.05, 3.63) is 71.6 Å². The molecular formula is C33H33FN4O5S. The van der Waals surface area contributed by atoms with Crippen LogP contribution in [0.2, 0.25) is 0 Å². The second kappa shape index (κ2) is 12.5. The largest absolute Gasteiger partial charge is 0.493 e. The van der Waals surface area contributed by atoms with E-state index in [1.165, 1.54) is 6.07 Å². The molecule has 2 aromatic heterocycles. The number of benzene rings is 3. The van der Waals surface area contributed by atoms with Crippen molar-refractivity contribution in [3.63, 3.8) is 0 Å². The Morgan fingerprint density at radius 3 is 2.34 bits per heavy atom. The zero-order chi connectivity index (χ0) is 31.6. The number of ether oxygens (including phenoxy) is 3. The lowest BCUT2D eigenvalue weighted by molar-refractivity contribution is -0.119. The Hall–Kier alpha value is -4.77. The second-order valence-corrected chi connectivity index (χ2v) is 12.1. The van der Waals surface area contributed by atoms with Gasteiger partial charge in [0.25, 0.3) is 0 Å². The molecule has 2 atom stereocenters. The number of rotatable bonds is 8. The number of carbonyl (C=O) groups excluding carboxylic acids is 2. The first kappa shape index (κ1) is 30.7. The number of nitrogens with one attached hydrogen (secondary N) is 2. The van der Waals surface area contributed by atoms with E-state index in [0.717, 1.165) is 27.2 Å². The molecule has 0 radical (unpaired) electrons. The third-order valence-electron chi connectivity index (χ3n) is 7.75. The molecule has 2 unspecified atom stereocenters. The van der Waals surface area contributed by atoms with Crippen molar-refractivity contribution in [2.75, 3.05) is 31.9 Å². The Bertz CT molecular complexity index is 1860. The third kappa shape index (κ3) is 6.14. The molecule has 9 nitrogen and oxygen atoms in total. The minimum Gasteiger partial charge on any atom is -0.493 e. The van der Waals surface area contributed by atoms with Gasteiger partial charge in [0.1, 0.15) is 12.0 Å². The summed E-state index contributed by atoms with van der Waals surface area (Å²) in [6, 6.07) is 15.6. The number of aldehydes is 1. The first-order chi connectivity index (χ1) is 21.1. The van der Waals surface area contributed by atoms with Crippen LogP contribution in [0.25, 0.3) is 21.1 Å². The maximum absolute atomic E-state index is 14.2. The van der Waals surface area contributed by atoms with Crippen molar-refractivity contribution in [3.8, 4) is 23.0 Å². The van der Waals surface area contributed by atoms with Crippen LogP contribution in [0.15, 0.2) is 60.8 Å². The molecule has 1 fully saturated rings. The number of aryl methyl sites for hydroxylation is 1. The molecule has 2 heterocycles. The normalized spacial score (nSPS) is 16.4. The monoisotopic (exact) mass is 616 g/mol. The predicted octanol–water partition coefficient (Wildman–Crippen LogP) is 7.24. The van der Waals surface area contributed by atoms with E-state index in [-0.39, 0.29) is 28.9 Å². The molecule has 5 aromatic rings. The van der Waals surface area contributed by atoms with Crippen molar-refractivity contribution < 1.29 is 28.2 Å². The topological polar surface area (TPSA) is 112 Å². The lowest BCUT2D eigenvalue weighted by Gasteiger charge is -2.13. The van der Waals surface area contributed by atoms with E-state index in [9.17, 15) is 14.0 Å². The Balaban J connectivity index is 0.000000177. The van der Waals surface area contributed by atoms with Gasteiger partial charge in [-0.25, -0.2) is 9.37 Å². The second-order valence-electron chi connectivity index (χ2n) is 10.9. The molecule has 0 aliphatic heterocycles. The number of hydrogen-bond donors (Lipinski definition) is 2.